The Hall–Kier alpha value is -4.05. The Morgan fingerprint density at radius 2 is 2.03 bits per heavy atom. The van der Waals surface area contributed by atoms with Gasteiger partial charge in [0, 0.05) is 11.1 Å². The molecule has 0 fully saturated rings. The molecule has 1 aromatic heterocycles. The molecular weight excluding hydrogens is 395 g/mol. The summed E-state index contributed by atoms with van der Waals surface area (Å²) in [5, 5.41) is 25.1. The highest BCUT2D eigenvalue weighted by Gasteiger charge is 2.29. The minimum atomic E-state index is -0.366. The van der Waals surface area contributed by atoms with Gasteiger partial charge in [0.25, 0.3) is 0 Å². The van der Waals surface area contributed by atoms with Gasteiger partial charge in [-0.05, 0) is 41.0 Å². The first-order chi connectivity index (χ1) is 15.0. The van der Waals surface area contributed by atoms with Crippen molar-refractivity contribution in [2.45, 2.75) is 13.3 Å². The van der Waals surface area contributed by atoms with Gasteiger partial charge in [-0.2, -0.15) is 0 Å². The molecule has 31 heavy (non-hydrogen) atoms. The van der Waals surface area contributed by atoms with Crippen molar-refractivity contribution in [2.24, 2.45) is 0 Å². The van der Waals surface area contributed by atoms with Crippen LogP contribution < -0.4 is 15.9 Å². The molecule has 2 heterocycles. The quantitative estimate of drug-likeness (QED) is 0.367. The van der Waals surface area contributed by atoms with Crippen LogP contribution in [0.3, 0.4) is 0 Å². The molecule has 3 aromatic rings. The zero-order chi connectivity index (χ0) is 22.0. The number of carbonyl (C=O) groups is 2. The SMILES string of the molecule is C=C(/C=C\C(=C/C)N1C(=O)CC(=O)Nc2c1ccc1ccccc21)n1nnnc1BO. The van der Waals surface area contributed by atoms with Gasteiger partial charge in [-0.1, -0.05) is 43.0 Å². The first-order valence-corrected chi connectivity index (χ1v) is 9.60. The fourth-order valence-electron chi connectivity index (χ4n) is 3.47. The van der Waals surface area contributed by atoms with Gasteiger partial charge in [0.05, 0.1) is 17.1 Å². The van der Waals surface area contributed by atoms with E-state index in [1.54, 1.807) is 25.2 Å². The second kappa shape index (κ2) is 8.37. The van der Waals surface area contributed by atoms with Crippen LogP contribution in [-0.4, -0.2) is 44.5 Å². The Balaban J connectivity index is 1.76. The molecular formula is C21H19BN6O3. The standard InChI is InChI=1S/C21H19BN6O3/c1-3-15(10-8-13(2)28-21(22-31)24-25-26-28)27-17-11-9-14-6-4-5-7-16(14)20(17)23-18(29)12-19(27)30/h3-11,22,31H,2,12H2,1H3,(H,23,29)/b10-8-,15-3+. The number of allylic oxidation sites excluding steroid dienone is 4. The molecule has 1 aliphatic heterocycles. The van der Waals surface area contributed by atoms with E-state index < -0.39 is 0 Å². The van der Waals surface area contributed by atoms with Gasteiger partial charge in [-0.15, -0.1) is 5.10 Å². The maximum absolute atomic E-state index is 13.0. The zero-order valence-corrected chi connectivity index (χ0v) is 16.8. The van der Waals surface area contributed by atoms with Crippen molar-refractivity contribution in [2.75, 3.05) is 10.2 Å². The average Bonchev–Trinajstić information content (AvgIpc) is 3.21. The number of amides is 2. The minimum absolute atomic E-state index is 0.245. The molecule has 0 radical (unpaired) electrons. The second-order valence-electron chi connectivity index (χ2n) is 6.84. The number of nitrogens with zero attached hydrogens (tertiary/aromatic N) is 5. The van der Waals surface area contributed by atoms with E-state index in [-0.39, 0.29) is 31.4 Å². The van der Waals surface area contributed by atoms with E-state index in [0.717, 1.165) is 10.8 Å². The third kappa shape index (κ3) is 3.76. The minimum Gasteiger partial charge on any atom is -0.447 e. The number of nitrogens with one attached hydrogen (secondary N) is 1. The Morgan fingerprint density at radius 3 is 2.81 bits per heavy atom. The van der Waals surface area contributed by atoms with E-state index in [1.165, 1.54) is 9.58 Å². The van der Waals surface area contributed by atoms with Gasteiger partial charge in [-0.25, -0.2) is 4.68 Å². The average molecular weight is 414 g/mol. The molecule has 2 amide bonds. The molecule has 0 saturated carbocycles. The number of tetrazole rings is 1. The van der Waals surface area contributed by atoms with E-state index >= 15 is 0 Å². The molecule has 10 heteroatoms. The number of benzene rings is 2. The molecule has 1 aliphatic rings. The van der Waals surface area contributed by atoms with Crippen LogP contribution in [0.25, 0.3) is 16.5 Å². The van der Waals surface area contributed by atoms with Crippen LogP contribution in [-0.2, 0) is 9.59 Å². The van der Waals surface area contributed by atoms with Crippen molar-refractivity contribution in [1.29, 1.82) is 0 Å². The molecule has 0 spiro atoms. The summed E-state index contributed by atoms with van der Waals surface area (Å²) in [7, 11) is -0.338. The van der Waals surface area contributed by atoms with Gasteiger partial charge in [0.2, 0.25) is 11.8 Å². The van der Waals surface area contributed by atoms with Crippen molar-refractivity contribution < 1.29 is 14.6 Å². The fraction of sp³-hybridized carbons (Fsp3) is 0.0952. The number of rotatable bonds is 5. The Bertz CT molecular complexity index is 1260. The summed E-state index contributed by atoms with van der Waals surface area (Å²) in [6.45, 7) is 5.72. The van der Waals surface area contributed by atoms with Crippen LogP contribution >= 0.6 is 0 Å². The maximum atomic E-state index is 13.0. The van der Waals surface area contributed by atoms with E-state index in [1.807, 2.05) is 36.4 Å². The summed E-state index contributed by atoms with van der Waals surface area (Å²) in [6, 6.07) is 11.4. The molecule has 154 valence electrons. The lowest BCUT2D eigenvalue weighted by molar-refractivity contribution is -0.124. The molecule has 0 atom stereocenters. The van der Waals surface area contributed by atoms with E-state index in [0.29, 0.717) is 22.8 Å². The zero-order valence-electron chi connectivity index (χ0n) is 16.8. The number of aromatic nitrogens is 4. The topological polar surface area (TPSA) is 113 Å². The molecule has 2 aromatic carbocycles. The second-order valence-corrected chi connectivity index (χ2v) is 6.84. The first kappa shape index (κ1) is 20.2. The third-order valence-corrected chi connectivity index (χ3v) is 4.92. The lowest BCUT2D eigenvalue weighted by atomic mass is 10.0. The summed E-state index contributed by atoms with van der Waals surface area (Å²) in [5.41, 5.74) is 2.37. The summed E-state index contributed by atoms with van der Waals surface area (Å²) in [6.07, 6.45) is 4.82. The van der Waals surface area contributed by atoms with E-state index in [2.05, 4.69) is 27.4 Å². The number of carbonyl (C=O) groups excluding carboxylic acids is 2. The van der Waals surface area contributed by atoms with Crippen LogP contribution in [0.5, 0.6) is 0 Å². The summed E-state index contributed by atoms with van der Waals surface area (Å²) in [4.78, 5) is 26.9. The van der Waals surface area contributed by atoms with Crippen LogP contribution in [0.1, 0.15) is 13.3 Å². The van der Waals surface area contributed by atoms with Gasteiger partial charge in [0.1, 0.15) is 12.1 Å². The first-order valence-electron chi connectivity index (χ1n) is 9.60. The maximum Gasteiger partial charge on any atom is 0.353 e. The molecule has 9 nitrogen and oxygen atoms in total. The van der Waals surface area contributed by atoms with Crippen LogP contribution in [0, 0.1) is 0 Å². The molecule has 0 bridgehead atoms. The highest BCUT2D eigenvalue weighted by molar-refractivity contribution is 6.43. The van der Waals surface area contributed by atoms with Gasteiger partial charge < -0.3 is 10.3 Å². The van der Waals surface area contributed by atoms with E-state index in [9.17, 15) is 14.6 Å². The van der Waals surface area contributed by atoms with Crippen molar-refractivity contribution in [3.8, 4) is 0 Å². The van der Waals surface area contributed by atoms with Crippen molar-refractivity contribution in [3.63, 3.8) is 0 Å². The Morgan fingerprint density at radius 1 is 1.23 bits per heavy atom. The molecule has 0 unspecified atom stereocenters. The highest BCUT2D eigenvalue weighted by atomic mass is 16.2. The normalized spacial score (nSPS) is 14.5. The lowest BCUT2D eigenvalue weighted by Gasteiger charge is -2.24. The molecule has 4 rings (SSSR count). The number of hydrogen-bond acceptors (Lipinski definition) is 6. The van der Waals surface area contributed by atoms with Crippen molar-refractivity contribution in [1.82, 2.24) is 20.2 Å². The van der Waals surface area contributed by atoms with Gasteiger partial charge in [0.15, 0.2) is 0 Å². The van der Waals surface area contributed by atoms with Gasteiger partial charge >= 0.3 is 7.48 Å². The summed E-state index contributed by atoms with van der Waals surface area (Å²) in [5.74, 6) is -0.719. The highest BCUT2D eigenvalue weighted by Crippen LogP contribution is 2.38. The Kier molecular flexibility index (Phi) is 5.46. The van der Waals surface area contributed by atoms with Crippen LogP contribution in [0.15, 0.2) is 66.9 Å². The summed E-state index contributed by atoms with van der Waals surface area (Å²) >= 11 is 0. The van der Waals surface area contributed by atoms with Crippen LogP contribution in [0.2, 0.25) is 0 Å². The predicted octanol–water partition coefficient (Wildman–Crippen LogP) is 1.10. The predicted molar refractivity (Wildman–Crippen MR) is 120 cm³/mol. The third-order valence-electron chi connectivity index (χ3n) is 4.92. The lowest BCUT2D eigenvalue weighted by Crippen LogP contribution is -2.30. The van der Waals surface area contributed by atoms with Crippen LogP contribution in [0.4, 0.5) is 11.4 Å². The monoisotopic (exact) mass is 414 g/mol. The molecule has 0 aliphatic carbocycles. The Labute approximate surface area is 178 Å². The molecule has 2 N–H and O–H groups in total. The largest absolute Gasteiger partial charge is 0.447 e. The number of fused-ring (bicyclic) bond motifs is 3. The van der Waals surface area contributed by atoms with Gasteiger partial charge in [-0.3, -0.25) is 14.5 Å². The number of anilines is 2. The van der Waals surface area contributed by atoms with Crippen molar-refractivity contribution in [3.05, 3.63) is 66.9 Å². The number of hydrogen-bond donors (Lipinski definition) is 2. The summed E-state index contributed by atoms with van der Waals surface area (Å²) < 4.78 is 1.31. The van der Waals surface area contributed by atoms with E-state index in [4.69, 9.17) is 0 Å². The molecule has 0 saturated heterocycles. The fourth-order valence-corrected chi connectivity index (χ4v) is 3.47. The van der Waals surface area contributed by atoms with Crippen molar-refractivity contribution >= 4 is 52.9 Å². The smallest absolute Gasteiger partial charge is 0.353 e.